The van der Waals surface area contributed by atoms with Crippen molar-refractivity contribution in [3.63, 3.8) is 0 Å². The molecule has 2 rings (SSSR count). The zero-order valence-electron chi connectivity index (χ0n) is 11.2. The van der Waals surface area contributed by atoms with Crippen LogP contribution in [0.25, 0.3) is 0 Å². The Labute approximate surface area is 120 Å². The molecule has 0 aliphatic carbocycles. The quantitative estimate of drug-likeness (QED) is 0.684. The van der Waals surface area contributed by atoms with E-state index < -0.39 is 0 Å². The summed E-state index contributed by atoms with van der Waals surface area (Å²) in [6, 6.07) is 6.06. The Morgan fingerprint density at radius 3 is 2.72 bits per heavy atom. The fourth-order valence-corrected chi connectivity index (χ4v) is 3.04. The maximum Gasteiger partial charge on any atom is 0.0495 e. The van der Waals surface area contributed by atoms with Crippen LogP contribution >= 0.6 is 23.2 Å². The smallest absolute Gasteiger partial charge is 0.0495 e. The third kappa shape index (κ3) is 3.33. The van der Waals surface area contributed by atoms with E-state index in [1.807, 2.05) is 12.1 Å². The molecule has 1 aromatic rings. The molecule has 0 amide bonds. The van der Waals surface area contributed by atoms with Crippen LogP contribution in [0.2, 0.25) is 5.02 Å². The van der Waals surface area contributed by atoms with E-state index in [-0.39, 0.29) is 0 Å². The van der Waals surface area contributed by atoms with Crippen molar-refractivity contribution >= 4 is 28.9 Å². The zero-order valence-corrected chi connectivity index (χ0v) is 12.7. The molecule has 0 N–H and O–H groups in total. The summed E-state index contributed by atoms with van der Waals surface area (Å²) in [6.07, 6.45) is 3.78. The number of alkyl halides is 1. The summed E-state index contributed by atoms with van der Waals surface area (Å²) in [5, 5.41) is 0.768. The molecule has 1 aliphatic heterocycles. The Morgan fingerprint density at radius 2 is 2.00 bits per heavy atom. The number of halogens is 2. The van der Waals surface area contributed by atoms with Gasteiger partial charge in [-0.3, -0.25) is 0 Å². The van der Waals surface area contributed by atoms with Gasteiger partial charge in [-0.15, -0.1) is 11.6 Å². The van der Waals surface area contributed by atoms with Crippen molar-refractivity contribution < 1.29 is 0 Å². The summed E-state index contributed by atoms with van der Waals surface area (Å²) in [4.78, 5) is 2.46. The minimum absolute atomic E-state index is 0.461. The minimum Gasteiger partial charge on any atom is -0.371 e. The van der Waals surface area contributed by atoms with Gasteiger partial charge in [0.15, 0.2) is 0 Å². The number of nitrogens with zero attached hydrogens (tertiary/aromatic N) is 1. The average molecular weight is 286 g/mol. The molecule has 1 aromatic carbocycles. The van der Waals surface area contributed by atoms with Crippen molar-refractivity contribution in [2.75, 3.05) is 18.0 Å². The number of hydrogen-bond donors (Lipinski definition) is 0. The predicted octanol–water partition coefficient (Wildman–Crippen LogP) is 5.10. The number of rotatable bonds is 2. The molecule has 0 aromatic heterocycles. The van der Waals surface area contributed by atoms with Gasteiger partial charge in [0.2, 0.25) is 0 Å². The maximum atomic E-state index is 6.03. The molecular formula is C15H21Cl2N. The van der Waals surface area contributed by atoms with Gasteiger partial charge in [0.25, 0.3) is 0 Å². The van der Waals surface area contributed by atoms with Crippen molar-refractivity contribution in [3.8, 4) is 0 Å². The Hall–Kier alpha value is -0.400. The van der Waals surface area contributed by atoms with Gasteiger partial charge in [0.1, 0.15) is 0 Å². The van der Waals surface area contributed by atoms with E-state index in [0.717, 1.165) is 23.7 Å². The highest BCUT2D eigenvalue weighted by molar-refractivity contribution is 6.30. The highest BCUT2D eigenvalue weighted by atomic mass is 35.5. The molecule has 1 fully saturated rings. The van der Waals surface area contributed by atoms with Crippen LogP contribution in [0.4, 0.5) is 5.69 Å². The standard InChI is InChI=1S/C15H21Cl2N/c1-15(2)6-3-8-18(9-7-15)14-5-4-13(17)10-12(14)11-16/h4-5,10H,3,6-9,11H2,1-2H3. The lowest BCUT2D eigenvalue weighted by Crippen LogP contribution is -2.25. The van der Waals surface area contributed by atoms with E-state index in [2.05, 4.69) is 24.8 Å². The lowest BCUT2D eigenvalue weighted by Gasteiger charge is -2.26. The molecule has 0 atom stereocenters. The van der Waals surface area contributed by atoms with Crippen LogP contribution in [0.1, 0.15) is 38.7 Å². The first-order chi connectivity index (χ1) is 8.52. The molecular weight excluding hydrogens is 265 g/mol. The van der Waals surface area contributed by atoms with Crippen LogP contribution in [0.15, 0.2) is 18.2 Å². The SMILES string of the molecule is CC1(C)CCCN(c2ccc(Cl)cc2CCl)CC1. The van der Waals surface area contributed by atoms with E-state index in [9.17, 15) is 0 Å². The summed E-state index contributed by atoms with van der Waals surface area (Å²) in [6.45, 7) is 6.95. The van der Waals surface area contributed by atoms with Gasteiger partial charge < -0.3 is 4.90 Å². The summed E-state index contributed by atoms with van der Waals surface area (Å²) < 4.78 is 0. The topological polar surface area (TPSA) is 3.24 Å². The van der Waals surface area contributed by atoms with E-state index >= 15 is 0 Å². The van der Waals surface area contributed by atoms with Crippen molar-refractivity contribution in [1.82, 2.24) is 0 Å². The third-order valence-electron chi connectivity index (χ3n) is 3.87. The third-order valence-corrected chi connectivity index (χ3v) is 4.39. The van der Waals surface area contributed by atoms with Gasteiger partial charge in [0, 0.05) is 29.7 Å². The number of hydrogen-bond acceptors (Lipinski definition) is 1. The average Bonchev–Trinajstić information content (AvgIpc) is 2.50. The molecule has 1 aliphatic rings. The maximum absolute atomic E-state index is 6.03. The monoisotopic (exact) mass is 285 g/mol. The lowest BCUT2D eigenvalue weighted by atomic mass is 9.85. The van der Waals surface area contributed by atoms with Gasteiger partial charge in [-0.05, 0) is 48.4 Å². The van der Waals surface area contributed by atoms with Crippen LogP contribution in [0.3, 0.4) is 0 Å². The second-order valence-corrected chi connectivity index (χ2v) is 6.62. The first-order valence-electron chi connectivity index (χ1n) is 6.61. The first kappa shape index (κ1) is 14.0. The molecule has 100 valence electrons. The van der Waals surface area contributed by atoms with Crippen LogP contribution in [-0.4, -0.2) is 13.1 Å². The summed E-state index contributed by atoms with van der Waals surface area (Å²) in [7, 11) is 0. The predicted molar refractivity (Wildman–Crippen MR) is 80.9 cm³/mol. The zero-order chi connectivity index (χ0) is 13.2. The van der Waals surface area contributed by atoms with E-state index in [0.29, 0.717) is 11.3 Å². The molecule has 1 heterocycles. The minimum atomic E-state index is 0.461. The van der Waals surface area contributed by atoms with Gasteiger partial charge in [-0.1, -0.05) is 25.4 Å². The van der Waals surface area contributed by atoms with E-state index in [4.69, 9.17) is 23.2 Å². The van der Waals surface area contributed by atoms with Crippen molar-refractivity contribution in [1.29, 1.82) is 0 Å². The Kier molecular flexibility index (Phi) is 4.45. The fourth-order valence-electron chi connectivity index (χ4n) is 2.63. The Bertz CT molecular complexity index is 415. The van der Waals surface area contributed by atoms with Crippen molar-refractivity contribution in [3.05, 3.63) is 28.8 Å². The second kappa shape index (κ2) is 5.71. The molecule has 0 radical (unpaired) electrons. The van der Waals surface area contributed by atoms with Gasteiger partial charge in [0.05, 0.1) is 0 Å². The van der Waals surface area contributed by atoms with Crippen LogP contribution in [0, 0.1) is 5.41 Å². The fraction of sp³-hybridized carbons (Fsp3) is 0.600. The van der Waals surface area contributed by atoms with Crippen LogP contribution in [-0.2, 0) is 5.88 Å². The molecule has 1 nitrogen and oxygen atoms in total. The van der Waals surface area contributed by atoms with Crippen LogP contribution in [0.5, 0.6) is 0 Å². The molecule has 0 unspecified atom stereocenters. The summed E-state index contributed by atoms with van der Waals surface area (Å²) in [5.74, 6) is 0.524. The summed E-state index contributed by atoms with van der Waals surface area (Å²) in [5.41, 5.74) is 2.86. The van der Waals surface area contributed by atoms with Gasteiger partial charge >= 0.3 is 0 Å². The molecule has 1 saturated heterocycles. The highest BCUT2D eigenvalue weighted by Gasteiger charge is 2.23. The van der Waals surface area contributed by atoms with Crippen molar-refractivity contribution in [2.24, 2.45) is 5.41 Å². The lowest BCUT2D eigenvalue weighted by molar-refractivity contribution is 0.325. The molecule has 3 heteroatoms. The van der Waals surface area contributed by atoms with Crippen molar-refractivity contribution in [2.45, 2.75) is 39.0 Å². The van der Waals surface area contributed by atoms with Gasteiger partial charge in [-0.25, -0.2) is 0 Å². The number of anilines is 1. The summed E-state index contributed by atoms with van der Waals surface area (Å²) >= 11 is 12.1. The molecule has 0 saturated carbocycles. The molecule has 18 heavy (non-hydrogen) atoms. The Balaban J connectivity index is 2.21. The van der Waals surface area contributed by atoms with E-state index in [1.165, 1.54) is 24.9 Å². The molecule has 0 spiro atoms. The largest absolute Gasteiger partial charge is 0.371 e. The first-order valence-corrected chi connectivity index (χ1v) is 7.52. The normalized spacial score (nSPS) is 19.7. The Morgan fingerprint density at radius 1 is 1.22 bits per heavy atom. The number of benzene rings is 1. The highest BCUT2D eigenvalue weighted by Crippen LogP contribution is 2.33. The van der Waals surface area contributed by atoms with Gasteiger partial charge in [-0.2, -0.15) is 0 Å². The molecule has 0 bridgehead atoms. The second-order valence-electron chi connectivity index (χ2n) is 5.91. The van der Waals surface area contributed by atoms with E-state index in [1.54, 1.807) is 0 Å². The van der Waals surface area contributed by atoms with Crippen LogP contribution < -0.4 is 4.90 Å².